The van der Waals surface area contributed by atoms with Gasteiger partial charge in [0, 0.05) is 37.0 Å². The molecule has 7 heteroatoms. The molecule has 1 aliphatic carbocycles. The Hall–Kier alpha value is -3.35. The van der Waals surface area contributed by atoms with Gasteiger partial charge >= 0.3 is 0 Å². The molecule has 4 rings (SSSR count). The second kappa shape index (κ2) is 8.79. The van der Waals surface area contributed by atoms with E-state index in [4.69, 9.17) is 0 Å². The summed E-state index contributed by atoms with van der Waals surface area (Å²) >= 11 is 0. The van der Waals surface area contributed by atoms with Gasteiger partial charge in [0.25, 0.3) is 11.3 Å². The molecule has 2 aliphatic rings. The summed E-state index contributed by atoms with van der Waals surface area (Å²) in [5, 5.41) is 16.9. The lowest BCUT2D eigenvalue weighted by Crippen LogP contribution is -2.30. The Morgan fingerprint density at radius 2 is 1.94 bits per heavy atom. The summed E-state index contributed by atoms with van der Waals surface area (Å²) < 4.78 is 1.45. The molecule has 0 saturated carbocycles. The Balaban J connectivity index is 1.83. The molecule has 7 nitrogen and oxygen atoms in total. The Bertz CT molecular complexity index is 1110. The van der Waals surface area contributed by atoms with Crippen LogP contribution in [0.4, 0.5) is 5.69 Å². The summed E-state index contributed by atoms with van der Waals surface area (Å²) in [4.78, 5) is 26.8. The summed E-state index contributed by atoms with van der Waals surface area (Å²) in [6, 6.07) is 8.31. The van der Waals surface area contributed by atoms with E-state index in [1.165, 1.54) is 42.9 Å². The van der Waals surface area contributed by atoms with E-state index < -0.39 is 17.1 Å². The second-order valence-electron chi connectivity index (χ2n) is 8.16. The second-order valence-corrected chi connectivity index (χ2v) is 8.16. The molecular weight excluding hydrogens is 392 g/mol. The molecule has 31 heavy (non-hydrogen) atoms. The fourth-order valence-electron chi connectivity index (χ4n) is 4.26. The number of para-hydroxylation sites is 1. The van der Waals surface area contributed by atoms with Gasteiger partial charge < -0.3 is 15.3 Å². The van der Waals surface area contributed by atoms with Crippen molar-refractivity contribution >= 4 is 22.9 Å². The molecule has 0 bridgehead atoms. The number of nitrogens with zero attached hydrogens (tertiary/aromatic N) is 3. The van der Waals surface area contributed by atoms with Crippen LogP contribution >= 0.6 is 0 Å². The number of carbonyl (C=O) groups excluding carboxylic acids is 1. The van der Waals surface area contributed by atoms with Crippen LogP contribution in [0.25, 0.3) is 11.3 Å². The predicted molar refractivity (Wildman–Crippen MR) is 122 cm³/mol. The van der Waals surface area contributed by atoms with Gasteiger partial charge in [-0.2, -0.15) is 5.10 Å². The van der Waals surface area contributed by atoms with E-state index in [-0.39, 0.29) is 11.6 Å². The highest BCUT2D eigenvalue weighted by molar-refractivity contribution is 6.02. The number of hydrogen-bond acceptors (Lipinski definition) is 5. The predicted octanol–water partition coefficient (Wildman–Crippen LogP) is 3.26. The molecular formula is C24H28N4O3. The monoisotopic (exact) mass is 420 g/mol. The minimum absolute atomic E-state index is 0.257. The van der Waals surface area contributed by atoms with Gasteiger partial charge in [-0.25, -0.2) is 4.68 Å². The summed E-state index contributed by atoms with van der Waals surface area (Å²) in [5.41, 5.74) is 2.89. The van der Waals surface area contributed by atoms with Gasteiger partial charge in [-0.3, -0.25) is 9.59 Å². The summed E-state index contributed by atoms with van der Waals surface area (Å²) in [7, 11) is 1.43. The summed E-state index contributed by atoms with van der Waals surface area (Å²) in [6.45, 7) is 4.15. The number of benzene rings is 1. The zero-order valence-corrected chi connectivity index (χ0v) is 18.0. The molecule has 1 atom stereocenters. The SMILES string of the molecule is CNC(=O)c1nn(C2=CC(C)CC=C2c2ccccc2N2CCCCC2)cc(O)c1=O. The number of nitrogens with one attached hydrogen (secondary N) is 1. The van der Waals surface area contributed by atoms with Crippen molar-refractivity contribution in [1.82, 2.24) is 15.1 Å². The average Bonchev–Trinajstić information content (AvgIpc) is 2.81. The topological polar surface area (TPSA) is 87.5 Å². The minimum Gasteiger partial charge on any atom is -0.503 e. The molecule has 1 aromatic heterocycles. The highest BCUT2D eigenvalue weighted by Crippen LogP contribution is 2.38. The maximum absolute atomic E-state index is 12.3. The van der Waals surface area contributed by atoms with Crippen molar-refractivity contribution in [3.8, 4) is 5.75 Å². The number of aromatic nitrogens is 2. The first-order valence-corrected chi connectivity index (χ1v) is 10.8. The van der Waals surface area contributed by atoms with E-state index in [9.17, 15) is 14.7 Å². The quantitative estimate of drug-likeness (QED) is 0.793. The number of allylic oxidation sites excluding steroid dienone is 4. The van der Waals surface area contributed by atoms with E-state index in [2.05, 4.69) is 52.6 Å². The number of carbonyl (C=O) groups is 1. The highest BCUT2D eigenvalue weighted by atomic mass is 16.3. The van der Waals surface area contributed by atoms with Gasteiger partial charge in [-0.15, -0.1) is 0 Å². The van der Waals surface area contributed by atoms with Crippen molar-refractivity contribution in [3.63, 3.8) is 0 Å². The largest absolute Gasteiger partial charge is 0.503 e. The van der Waals surface area contributed by atoms with Crippen LogP contribution in [0.3, 0.4) is 0 Å². The standard InChI is InChI=1S/C24H28N4O3/c1-16-10-11-18(17-8-4-5-9-19(17)27-12-6-3-7-13-27)20(14-16)28-15-21(29)23(30)22(26-28)24(31)25-2/h4-5,8-9,11,14-16,29H,3,6-7,10,12-13H2,1-2H3,(H,25,31). The van der Waals surface area contributed by atoms with Crippen molar-refractivity contribution < 1.29 is 9.90 Å². The molecule has 2 N–H and O–H groups in total. The third-order valence-electron chi connectivity index (χ3n) is 5.89. The summed E-state index contributed by atoms with van der Waals surface area (Å²) in [6.07, 6.45) is 10.0. The molecule has 1 unspecified atom stereocenters. The third-order valence-corrected chi connectivity index (χ3v) is 5.89. The van der Waals surface area contributed by atoms with Crippen molar-refractivity contribution in [2.45, 2.75) is 32.6 Å². The lowest BCUT2D eigenvalue weighted by atomic mass is 9.90. The maximum atomic E-state index is 12.3. The molecule has 1 aromatic carbocycles. The van der Waals surface area contributed by atoms with Gasteiger partial charge in [0.1, 0.15) is 0 Å². The Kier molecular flexibility index (Phi) is 5.93. The first-order chi connectivity index (χ1) is 15.0. The van der Waals surface area contributed by atoms with Crippen LogP contribution in [0.1, 0.15) is 48.7 Å². The molecule has 2 heterocycles. The van der Waals surface area contributed by atoms with E-state index in [0.717, 1.165) is 36.3 Å². The Morgan fingerprint density at radius 3 is 2.68 bits per heavy atom. The van der Waals surface area contributed by atoms with E-state index in [0.29, 0.717) is 0 Å². The minimum atomic E-state index is -0.778. The fourth-order valence-corrected chi connectivity index (χ4v) is 4.26. The number of piperidine rings is 1. The molecule has 0 radical (unpaired) electrons. The van der Waals surface area contributed by atoms with Crippen LogP contribution in [0.15, 0.2) is 47.4 Å². The van der Waals surface area contributed by atoms with Crippen LogP contribution in [0.2, 0.25) is 0 Å². The average molecular weight is 421 g/mol. The molecule has 1 fully saturated rings. The van der Waals surface area contributed by atoms with Crippen LogP contribution in [-0.4, -0.2) is 40.9 Å². The van der Waals surface area contributed by atoms with E-state index in [1.807, 2.05) is 6.07 Å². The number of amides is 1. The number of hydrogen-bond donors (Lipinski definition) is 2. The number of anilines is 1. The van der Waals surface area contributed by atoms with E-state index in [1.54, 1.807) is 0 Å². The van der Waals surface area contributed by atoms with Crippen LogP contribution < -0.4 is 15.6 Å². The van der Waals surface area contributed by atoms with Crippen LogP contribution in [-0.2, 0) is 0 Å². The molecule has 1 saturated heterocycles. The fraction of sp³-hybridized carbons (Fsp3) is 0.375. The van der Waals surface area contributed by atoms with Crippen molar-refractivity contribution in [2.24, 2.45) is 5.92 Å². The Morgan fingerprint density at radius 1 is 1.19 bits per heavy atom. The number of aromatic hydroxyl groups is 1. The van der Waals surface area contributed by atoms with Gasteiger partial charge in [0.2, 0.25) is 0 Å². The van der Waals surface area contributed by atoms with Gasteiger partial charge in [-0.05, 0) is 37.7 Å². The van der Waals surface area contributed by atoms with Gasteiger partial charge in [-0.1, -0.05) is 37.3 Å². The van der Waals surface area contributed by atoms with Gasteiger partial charge in [0.05, 0.1) is 11.9 Å². The first-order valence-electron chi connectivity index (χ1n) is 10.8. The van der Waals surface area contributed by atoms with Crippen molar-refractivity contribution in [2.75, 3.05) is 25.0 Å². The smallest absolute Gasteiger partial charge is 0.275 e. The maximum Gasteiger partial charge on any atom is 0.275 e. The molecule has 2 aromatic rings. The molecule has 1 aliphatic heterocycles. The van der Waals surface area contributed by atoms with Crippen LogP contribution in [0, 0.1) is 5.92 Å². The highest BCUT2D eigenvalue weighted by Gasteiger charge is 2.24. The van der Waals surface area contributed by atoms with Crippen molar-refractivity contribution in [3.05, 3.63) is 64.1 Å². The molecule has 162 valence electrons. The zero-order chi connectivity index (χ0) is 22.0. The van der Waals surface area contributed by atoms with Crippen LogP contribution in [0.5, 0.6) is 5.75 Å². The molecule has 1 amide bonds. The zero-order valence-electron chi connectivity index (χ0n) is 18.0. The van der Waals surface area contributed by atoms with E-state index >= 15 is 0 Å². The Labute approximate surface area is 181 Å². The van der Waals surface area contributed by atoms with Gasteiger partial charge in [0.15, 0.2) is 11.4 Å². The lowest BCUT2D eigenvalue weighted by Gasteiger charge is -2.32. The molecule has 0 spiro atoms. The lowest BCUT2D eigenvalue weighted by molar-refractivity contribution is 0.0954. The number of rotatable bonds is 4. The van der Waals surface area contributed by atoms with Crippen molar-refractivity contribution in [1.29, 1.82) is 0 Å². The normalized spacial score (nSPS) is 18.9. The summed E-state index contributed by atoms with van der Waals surface area (Å²) in [5.74, 6) is -0.873. The third kappa shape index (κ3) is 4.13. The first kappa shape index (κ1) is 20.9.